The Hall–Kier alpha value is -1.31. The molecule has 0 bridgehead atoms. The Balaban J connectivity index is 1.59. The van der Waals surface area contributed by atoms with Gasteiger partial charge in [-0.3, -0.25) is 4.79 Å². The van der Waals surface area contributed by atoms with Crippen molar-refractivity contribution in [3.63, 3.8) is 0 Å². The molecule has 1 fully saturated rings. The molecule has 0 unspecified atom stereocenters. The zero-order chi connectivity index (χ0) is 13.2. The Morgan fingerprint density at radius 3 is 2.58 bits per heavy atom. The summed E-state index contributed by atoms with van der Waals surface area (Å²) in [4.78, 5) is 10.9. The molecule has 0 aliphatic heterocycles. The van der Waals surface area contributed by atoms with Crippen molar-refractivity contribution >= 4 is 5.97 Å². The number of rotatable bonds is 3. The predicted octanol–water partition coefficient (Wildman–Crippen LogP) is 3.61. The lowest BCUT2D eigenvalue weighted by Crippen LogP contribution is -2.22. The van der Waals surface area contributed by atoms with E-state index in [9.17, 15) is 4.79 Å². The van der Waals surface area contributed by atoms with E-state index in [2.05, 4.69) is 18.2 Å². The van der Waals surface area contributed by atoms with Crippen molar-refractivity contribution in [2.24, 2.45) is 11.8 Å². The molecule has 0 aromatic heterocycles. The number of aryl methyl sites for hydroxylation is 2. The van der Waals surface area contributed by atoms with Gasteiger partial charge in [0.05, 0.1) is 5.92 Å². The zero-order valence-electron chi connectivity index (χ0n) is 11.4. The van der Waals surface area contributed by atoms with E-state index in [0.717, 1.165) is 32.1 Å². The van der Waals surface area contributed by atoms with Crippen LogP contribution in [0.15, 0.2) is 18.2 Å². The molecule has 1 N–H and O–H groups in total. The van der Waals surface area contributed by atoms with Crippen LogP contribution in [0.4, 0.5) is 0 Å². The molecule has 3 rings (SSSR count). The molecule has 2 aliphatic carbocycles. The Labute approximate surface area is 114 Å². The van der Waals surface area contributed by atoms with Crippen molar-refractivity contribution in [1.29, 1.82) is 0 Å². The number of hydrogen-bond donors (Lipinski definition) is 1. The van der Waals surface area contributed by atoms with Crippen molar-refractivity contribution in [1.82, 2.24) is 0 Å². The summed E-state index contributed by atoms with van der Waals surface area (Å²) in [5.74, 6) is 0.00213. The summed E-state index contributed by atoms with van der Waals surface area (Å²) in [5, 5.41) is 9.02. The van der Waals surface area contributed by atoms with Gasteiger partial charge in [0.1, 0.15) is 0 Å². The average Bonchev–Trinajstić information content (AvgIpc) is 2.87. The zero-order valence-corrected chi connectivity index (χ0v) is 11.4. The van der Waals surface area contributed by atoms with Crippen LogP contribution in [0.2, 0.25) is 0 Å². The molecule has 2 nitrogen and oxygen atoms in total. The monoisotopic (exact) mass is 258 g/mol. The van der Waals surface area contributed by atoms with E-state index in [1.165, 1.54) is 24.8 Å². The molecule has 1 aromatic rings. The first-order chi connectivity index (χ1) is 9.22. The van der Waals surface area contributed by atoms with E-state index in [-0.39, 0.29) is 5.92 Å². The fraction of sp³-hybridized carbons (Fsp3) is 0.588. The Morgan fingerprint density at radius 2 is 1.84 bits per heavy atom. The fourth-order valence-corrected chi connectivity index (χ4v) is 3.70. The summed E-state index contributed by atoms with van der Waals surface area (Å²) in [6, 6.07) is 6.99. The van der Waals surface area contributed by atoms with Gasteiger partial charge < -0.3 is 5.11 Å². The maximum absolute atomic E-state index is 10.9. The number of carboxylic acid groups (broad SMARTS) is 1. The molecule has 1 aromatic carbocycles. The van der Waals surface area contributed by atoms with Gasteiger partial charge >= 0.3 is 5.97 Å². The number of aliphatic carboxylic acids is 1. The standard InChI is InChI=1S/C17H22O2/c18-17(19)15-8-4-12(5-9-15)10-13-6-7-14-2-1-3-16(14)11-13/h6-7,11-12,15H,1-5,8-10H2,(H,18,19). The third-order valence-electron chi connectivity index (χ3n) is 4.88. The van der Waals surface area contributed by atoms with Gasteiger partial charge in [0.2, 0.25) is 0 Å². The third kappa shape index (κ3) is 2.83. The van der Waals surface area contributed by atoms with Gasteiger partial charge in [0.25, 0.3) is 0 Å². The first kappa shape index (κ1) is 12.7. The topological polar surface area (TPSA) is 37.3 Å². The smallest absolute Gasteiger partial charge is 0.306 e. The van der Waals surface area contributed by atoms with Crippen LogP contribution >= 0.6 is 0 Å². The molecule has 0 heterocycles. The molecule has 0 radical (unpaired) electrons. The van der Waals surface area contributed by atoms with Crippen LogP contribution in [0, 0.1) is 11.8 Å². The minimum Gasteiger partial charge on any atom is -0.481 e. The van der Waals surface area contributed by atoms with E-state index >= 15 is 0 Å². The first-order valence-corrected chi connectivity index (χ1v) is 7.56. The van der Waals surface area contributed by atoms with Gasteiger partial charge in [0, 0.05) is 0 Å². The molecule has 1 saturated carbocycles. The molecule has 102 valence electrons. The van der Waals surface area contributed by atoms with E-state index < -0.39 is 5.97 Å². The lowest BCUT2D eigenvalue weighted by molar-refractivity contribution is -0.143. The third-order valence-corrected chi connectivity index (χ3v) is 4.88. The Bertz CT molecular complexity index is 470. The van der Waals surface area contributed by atoms with E-state index in [4.69, 9.17) is 5.11 Å². The van der Waals surface area contributed by atoms with Crippen LogP contribution in [-0.2, 0) is 24.1 Å². The molecule has 0 atom stereocenters. The summed E-state index contributed by atoms with van der Waals surface area (Å²) in [6.07, 6.45) is 8.83. The van der Waals surface area contributed by atoms with Crippen LogP contribution in [0.1, 0.15) is 48.8 Å². The second-order valence-corrected chi connectivity index (χ2v) is 6.22. The van der Waals surface area contributed by atoms with E-state index in [1.807, 2.05) is 0 Å². The maximum Gasteiger partial charge on any atom is 0.306 e. The van der Waals surface area contributed by atoms with Gasteiger partial charge in [-0.15, -0.1) is 0 Å². The lowest BCUT2D eigenvalue weighted by atomic mass is 9.79. The first-order valence-electron chi connectivity index (χ1n) is 7.56. The van der Waals surface area contributed by atoms with Crippen molar-refractivity contribution < 1.29 is 9.90 Å². The summed E-state index contributed by atoms with van der Waals surface area (Å²) < 4.78 is 0. The van der Waals surface area contributed by atoms with Gasteiger partial charge in [-0.05, 0) is 74.0 Å². The van der Waals surface area contributed by atoms with Crippen molar-refractivity contribution in [2.45, 2.75) is 51.4 Å². The summed E-state index contributed by atoms with van der Waals surface area (Å²) >= 11 is 0. The van der Waals surface area contributed by atoms with Crippen LogP contribution in [0.25, 0.3) is 0 Å². The molecule has 0 saturated heterocycles. The molecule has 19 heavy (non-hydrogen) atoms. The van der Waals surface area contributed by atoms with E-state index in [1.54, 1.807) is 11.1 Å². The van der Waals surface area contributed by atoms with Gasteiger partial charge in [-0.2, -0.15) is 0 Å². The Morgan fingerprint density at radius 1 is 1.11 bits per heavy atom. The quantitative estimate of drug-likeness (QED) is 0.899. The van der Waals surface area contributed by atoms with Crippen molar-refractivity contribution in [3.8, 4) is 0 Å². The number of fused-ring (bicyclic) bond motifs is 1. The van der Waals surface area contributed by atoms with Crippen LogP contribution in [-0.4, -0.2) is 11.1 Å². The minimum absolute atomic E-state index is 0.0868. The SMILES string of the molecule is O=C(O)C1CCC(Cc2ccc3c(c2)CCC3)CC1. The highest BCUT2D eigenvalue weighted by Gasteiger charge is 2.26. The normalized spacial score (nSPS) is 26.1. The minimum atomic E-state index is -0.601. The predicted molar refractivity (Wildman–Crippen MR) is 75.3 cm³/mol. The largest absolute Gasteiger partial charge is 0.481 e. The number of carboxylic acids is 1. The molecular weight excluding hydrogens is 236 g/mol. The summed E-state index contributed by atoms with van der Waals surface area (Å²) in [5.41, 5.74) is 4.55. The Kier molecular flexibility index (Phi) is 3.58. The molecule has 2 aliphatic rings. The molecule has 2 heteroatoms. The summed E-state index contributed by atoms with van der Waals surface area (Å²) in [7, 11) is 0. The van der Waals surface area contributed by atoms with Crippen molar-refractivity contribution in [3.05, 3.63) is 34.9 Å². The highest BCUT2D eigenvalue weighted by atomic mass is 16.4. The molecular formula is C17H22O2. The van der Waals surface area contributed by atoms with Crippen molar-refractivity contribution in [2.75, 3.05) is 0 Å². The maximum atomic E-state index is 10.9. The highest BCUT2D eigenvalue weighted by molar-refractivity contribution is 5.69. The fourth-order valence-electron chi connectivity index (χ4n) is 3.70. The number of benzene rings is 1. The van der Waals surface area contributed by atoms with Crippen LogP contribution in [0.5, 0.6) is 0 Å². The van der Waals surface area contributed by atoms with Gasteiger partial charge in [-0.25, -0.2) is 0 Å². The average molecular weight is 258 g/mol. The summed E-state index contributed by atoms with van der Waals surface area (Å²) in [6.45, 7) is 0. The van der Waals surface area contributed by atoms with Crippen LogP contribution in [0.3, 0.4) is 0 Å². The molecule has 0 amide bonds. The number of hydrogen-bond acceptors (Lipinski definition) is 1. The second kappa shape index (κ2) is 5.36. The highest BCUT2D eigenvalue weighted by Crippen LogP contribution is 2.32. The van der Waals surface area contributed by atoms with Crippen LogP contribution < -0.4 is 0 Å². The van der Waals surface area contributed by atoms with Gasteiger partial charge in [-0.1, -0.05) is 18.2 Å². The van der Waals surface area contributed by atoms with E-state index in [0.29, 0.717) is 5.92 Å². The number of carbonyl (C=O) groups is 1. The molecule has 0 spiro atoms. The van der Waals surface area contributed by atoms with Gasteiger partial charge in [0.15, 0.2) is 0 Å². The second-order valence-electron chi connectivity index (χ2n) is 6.22. The lowest BCUT2D eigenvalue weighted by Gasteiger charge is -2.26.